The predicted molar refractivity (Wildman–Crippen MR) is 73.8 cm³/mol. The zero-order chi connectivity index (χ0) is 12.1. The van der Waals surface area contributed by atoms with Gasteiger partial charge in [-0.05, 0) is 56.1 Å². The third-order valence-electron chi connectivity index (χ3n) is 3.20. The summed E-state index contributed by atoms with van der Waals surface area (Å²) in [5, 5.41) is 8.12. The molecular weight excluding hydrogens is 326 g/mol. The summed E-state index contributed by atoms with van der Waals surface area (Å²) in [5.41, 5.74) is 1.19. The van der Waals surface area contributed by atoms with E-state index in [1.165, 1.54) is 18.4 Å². The first-order chi connectivity index (χ1) is 8.25. The zero-order valence-electron chi connectivity index (χ0n) is 10.6. The van der Waals surface area contributed by atoms with Crippen LogP contribution in [-0.2, 0) is 6.54 Å². The van der Waals surface area contributed by atoms with Crippen molar-refractivity contribution in [3.05, 3.63) is 33.8 Å². The zero-order valence-corrected chi connectivity index (χ0v) is 13.6. The van der Waals surface area contributed by atoms with Crippen LogP contribution in [0.4, 0.5) is 0 Å². The molecule has 0 unspecified atom stereocenters. The van der Waals surface area contributed by atoms with E-state index >= 15 is 0 Å². The van der Waals surface area contributed by atoms with Crippen LogP contribution in [0, 0.1) is 5.92 Å². The van der Waals surface area contributed by atoms with Crippen molar-refractivity contribution in [2.24, 2.45) is 5.92 Å². The first-order valence-corrected chi connectivity index (χ1v) is 6.86. The summed E-state index contributed by atoms with van der Waals surface area (Å²) < 4.78 is 0. The van der Waals surface area contributed by atoms with Gasteiger partial charge in [0.1, 0.15) is 0 Å². The van der Waals surface area contributed by atoms with Crippen LogP contribution in [0.5, 0.6) is 0 Å². The van der Waals surface area contributed by atoms with Crippen molar-refractivity contribution in [1.29, 1.82) is 0 Å². The van der Waals surface area contributed by atoms with Crippen molar-refractivity contribution in [2.45, 2.75) is 19.4 Å². The number of rotatable bonds is 4. The van der Waals surface area contributed by atoms with Gasteiger partial charge in [0, 0.05) is 6.54 Å². The van der Waals surface area contributed by atoms with Gasteiger partial charge in [0.25, 0.3) is 0 Å². The molecular formula is C13H18Cl4N2-2. The minimum absolute atomic E-state index is 0. The van der Waals surface area contributed by atoms with Crippen molar-refractivity contribution in [3.8, 4) is 0 Å². The molecule has 6 heteroatoms. The highest BCUT2D eigenvalue weighted by molar-refractivity contribution is 6.42. The Bertz CT molecular complexity index is 368. The lowest BCUT2D eigenvalue weighted by Crippen LogP contribution is -3.00. The van der Waals surface area contributed by atoms with Crippen LogP contribution in [-0.4, -0.2) is 19.6 Å². The number of piperidine rings is 1. The molecule has 1 aliphatic heterocycles. The summed E-state index contributed by atoms with van der Waals surface area (Å²) in [5.74, 6) is 0.805. The second kappa shape index (κ2) is 10.1. The molecule has 2 nitrogen and oxygen atoms in total. The van der Waals surface area contributed by atoms with Crippen LogP contribution >= 0.6 is 23.2 Å². The lowest BCUT2D eigenvalue weighted by atomic mass is 9.98. The van der Waals surface area contributed by atoms with Gasteiger partial charge in [-0.2, -0.15) is 0 Å². The smallest absolute Gasteiger partial charge is 0.0595 e. The molecule has 0 atom stereocenters. The molecule has 2 rings (SSSR count). The van der Waals surface area contributed by atoms with E-state index in [0.717, 1.165) is 32.1 Å². The standard InChI is InChI=1S/C13H18Cl2N2.2ClH/c14-12-2-1-11(7-13(12)15)9-17-8-10-3-5-16-6-4-10;;/h1-2,7,10,16-17H,3-6,8-9H2;2*1H/p-2. The lowest BCUT2D eigenvalue weighted by molar-refractivity contribution is -0.001000. The number of benzene rings is 1. The minimum atomic E-state index is 0. The van der Waals surface area contributed by atoms with Gasteiger partial charge in [-0.15, -0.1) is 0 Å². The maximum atomic E-state index is 5.97. The molecule has 110 valence electrons. The Morgan fingerprint density at radius 3 is 2.42 bits per heavy atom. The number of halogens is 4. The van der Waals surface area contributed by atoms with E-state index in [9.17, 15) is 0 Å². The van der Waals surface area contributed by atoms with Gasteiger partial charge in [-0.1, -0.05) is 29.3 Å². The molecule has 1 fully saturated rings. The Hall–Kier alpha value is 0.300. The highest BCUT2D eigenvalue weighted by Gasteiger charge is 2.11. The second-order valence-corrected chi connectivity index (χ2v) is 5.39. The summed E-state index contributed by atoms with van der Waals surface area (Å²) in [6.07, 6.45) is 2.54. The quantitative estimate of drug-likeness (QED) is 0.612. The van der Waals surface area contributed by atoms with E-state index in [2.05, 4.69) is 10.6 Å². The normalized spacial score (nSPS) is 15.5. The average Bonchev–Trinajstić information content (AvgIpc) is 2.35. The number of hydrogen-bond donors (Lipinski definition) is 2. The monoisotopic (exact) mass is 342 g/mol. The molecule has 1 heterocycles. The van der Waals surface area contributed by atoms with Gasteiger partial charge in [0.2, 0.25) is 0 Å². The van der Waals surface area contributed by atoms with E-state index in [0.29, 0.717) is 10.0 Å². The van der Waals surface area contributed by atoms with Crippen molar-refractivity contribution in [3.63, 3.8) is 0 Å². The van der Waals surface area contributed by atoms with Gasteiger partial charge in [-0.25, -0.2) is 0 Å². The first kappa shape index (κ1) is 19.3. The molecule has 0 aliphatic carbocycles. The van der Waals surface area contributed by atoms with Gasteiger partial charge in [0.15, 0.2) is 0 Å². The maximum Gasteiger partial charge on any atom is 0.0595 e. The van der Waals surface area contributed by atoms with E-state index in [4.69, 9.17) is 23.2 Å². The molecule has 0 amide bonds. The largest absolute Gasteiger partial charge is 1.00 e. The lowest BCUT2D eigenvalue weighted by Gasteiger charge is -2.22. The molecule has 0 bridgehead atoms. The van der Waals surface area contributed by atoms with Crippen LogP contribution in [0.1, 0.15) is 18.4 Å². The second-order valence-electron chi connectivity index (χ2n) is 4.57. The van der Waals surface area contributed by atoms with E-state index in [1.54, 1.807) is 0 Å². The molecule has 0 saturated carbocycles. The summed E-state index contributed by atoms with van der Waals surface area (Å²) in [6, 6.07) is 5.80. The molecule has 2 N–H and O–H groups in total. The Kier molecular flexibility index (Phi) is 10.2. The Morgan fingerprint density at radius 2 is 1.79 bits per heavy atom. The van der Waals surface area contributed by atoms with Gasteiger partial charge >= 0.3 is 0 Å². The number of hydrogen-bond acceptors (Lipinski definition) is 2. The Morgan fingerprint density at radius 1 is 1.11 bits per heavy atom. The highest BCUT2D eigenvalue weighted by Crippen LogP contribution is 2.22. The van der Waals surface area contributed by atoms with Crippen molar-refractivity contribution >= 4 is 23.2 Å². The van der Waals surface area contributed by atoms with E-state index < -0.39 is 0 Å². The summed E-state index contributed by atoms with van der Waals surface area (Å²) in [4.78, 5) is 0. The van der Waals surface area contributed by atoms with E-state index in [-0.39, 0.29) is 24.8 Å². The predicted octanol–water partition coefficient (Wildman–Crippen LogP) is -2.91. The molecule has 1 aromatic carbocycles. The van der Waals surface area contributed by atoms with E-state index in [1.807, 2.05) is 18.2 Å². The van der Waals surface area contributed by atoms with Crippen molar-refractivity contribution in [1.82, 2.24) is 10.6 Å². The van der Waals surface area contributed by atoms with Gasteiger partial charge < -0.3 is 35.4 Å². The third kappa shape index (κ3) is 6.52. The fourth-order valence-corrected chi connectivity index (χ4v) is 2.48. The third-order valence-corrected chi connectivity index (χ3v) is 3.94. The van der Waals surface area contributed by atoms with Crippen molar-refractivity contribution < 1.29 is 24.8 Å². The molecule has 1 aromatic rings. The topological polar surface area (TPSA) is 24.1 Å². The Balaban J connectivity index is 0.00000162. The maximum absolute atomic E-state index is 5.97. The molecule has 0 radical (unpaired) electrons. The average molecular weight is 344 g/mol. The van der Waals surface area contributed by atoms with Crippen LogP contribution in [0.2, 0.25) is 10.0 Å². The molecule has 1 aliphatic rings. The first-order valence-electron chi connectivity index (χ1n) is 6.11. The molecule has 19 heavy (non-hydrogen) atoms. The molecule has 0 aromatic heterocycles. The van der Waals surface area contributed by atoms with Crippen LogP contribution in [0.15, 0.2) is 18.2 Å². The van der Waals surface area contributed by atoms with Crippen LogP contribution < -0.4 is 35.4 Å². The summed E-state index contributed by atoms with van der Waals surface area (Å²) >= 11 is 11.9. The van der Waals surface area contributed by atoms with Gasteiger partial charge in [0.05, 0.1) is 10.0 Å². The molecule has 0 spiro atoms. The van der Waals surface area contributed by atoms with Gasteiger partial charge in [-0.3, -0.25) is 0 Å². The van der Waals surface area contributed by atoms with Crippen LogP contribution in [0.25, 0.3) is 0 Å². The number of nitrogens with one attached hydrogen (secondary N) is 2. The van der Waals surface area contributed by atoms with Crippen molar-refractivity contribution in [2.75, 3.05) is 19.6 Å². The highest BCUT2D eigenvalue weighted by atomic mass is 35.5. The fraction of sp³-hybridized carbons (Fsp3) is 0.538. The Labute approximate surface area is 137 Å². The minimum Gasteiger partial charge on any atom is -1.00 e. The SMILES string of the molecule is Clc1ccc(CNCC2CCNCC2)cc1Cl.[Cl-].[Cl-]. The molecule has 1 saturated heterocycles. The van der Waals surface area contributed by atoms with Crippen LogP contribution in [0.3, 0.4) is 0 Å². The fourth-order valence-electron chi connectivity index (χ4n) is 2.16. The summed E-state index contributed by atoms with van der Waals surface area (Å²) in [6.45, 7) is 4.25. The summed E-state index contributed by atoms with van der Waals surface area (Å²) in [7, 11) is 0.